The SMILES string of the molecule is CCOc1ccc(CNC(=O)Cc2ccc(OC)c(C)c2)cc1. The minimum Gasteiger partial charge on any atom is -0.496 e. The van der Waals surface area contributed by atoms with E-state index in [1.165, 1.54) is 0 Å². The highest BCUT2D eigenvalue weighted by Crippen LogP contribution is 2.18. The average Bonchev–Trinajstić information content (AvgIpc) is 2.55. The molecule has 23 heavy (non-hydrogen) atoms. The standard InChI is InChI=1S/C19H23NO3/c1-4-23-17-8-5-15(6-9-17)13-20-19(21)12-16-7-10-18(22-3)14(2)11-16/h5-11H,4,12-13H2,1-3H3,(H,20,21). The smallest absolute Gasteiger partial charge is 0.224 e. The maximum atomic E-state index is 12.1. The predicted molar refractivity (Wildman–Crippen MR) is 90.9 cm³/mol. The summed E-state index contributed by atoms with van der Waals surface area (Å²) in [6.45, 7) is 5.09. The third-order valence-corrected chi connectivity index (χ3v) is 3.55. The minimum atomic E-state index is 0.00320. The van der Waals surface area contributed by atoms with Crippen LogP contribution < -0.4 is 14.8 Å². The first kappa shape index (κ1) is 16.9. The third-order valence-electron chi connectivity index (χ3n) is 3.55. The molecule has 1 N–H and O–H groups in total. The number of carbonyl (C=O) groups is 1. The van der Waals surface area contributed by atoms with E-state index >= 15 is 0 Å². The molecule has 122 valence electrons. The van der Waals surface area contributed by atoms with Crippen molar-refractivity contribution < 1.29 is 14.3 Å². The van der Waals surface area contributed by atoms with Crippen LogP contribution in [0.1, 0.15) is 23.6 Å². The van der Waals surface area contributed by atoms with Crippen LogP contribution in [0, 0.1) is 6.92 Å². The molecule has 0 spiro atoms. The molecule has 4 nitrogen and oxygen atoms in total. The first-order chi connectivity index (χ1) is 11.1. The number of rotatable bonds is 7. The van der Waals surface area contributed by atoms with Crippen molar-refractivity contribution in [3.8, 4) is 11.5 Å². The summed E-state index contributed by atoms with van der Waals surface area (Å²) in [4.78, 5) is 12.1. The molecule has 2 rings (SSSR count). The zero-order valence-electron chi connectivity index (χ0n) is 13.9. The number of aryl methyl sites for hydroxylation is 1. The lowest BCUT2D eigenvalue weighted by atomic mass is 10.1. The quantitative estimate of drug-likeness (QED) is 0.853. The Morgan fingerprint density at radius 3 is 2.39 bits per heavy atom. The molecule has 0 radical (unpaired) electrons. The lowest BCUT2D eigenvalue weighted by Gasteiger charge is -2.09. The topological polar surface area (TPSA) is 47.6 Å². The van der Waals surface area contributed by atoms with Crippen molar-refractivity contribution in [3.63, 3.8) is 0 Å². The summed E-state index contributed by atoms with van der Waals surface area (Å²) < 4.78 is 10.6. The normalized spacial score (nSPS) is 10.2. The van der Waals surface area contributed by atoms with Gasteiger partial charge in [-0.05, 0) is 48.7 Å². The van der Waals surface area contributed by atoms with Gasteiger partial charge in [-0.2, -0.15) is 0 Å². The molecule has 2 aromatic carbocycles. The molecule has 2 aromatic rings. The molecular weight excluding hydrogens is 290 g/mol. The van der Waals surface area contributed by atoms with Crippen molar-refractivity contribution >= 4 is 5.91 Å². The molecule has 0 saturated carbocycles. The van der Waals surface area contributed by atoms with Gasteiger partial charge in [-0.25, -0.2) is 0 Å². The molecule has 0 aliphatic carbocycles. The van der Waals surface area contributed by atoms with Crippen LogP contribution in [0.3, 0.4) is 0 Å². The zero-order chi connectivity index (χ0) is 16.7. The molecule has 0 bridgehead atoms. The van der Waals surface area contributed by atoms with E-state index in [2.05, 4.69) is 5.32 Å². The van der Waals surface area contributed by atoms with Crippen LogP contribution in [0.25, 0.3) is 0 Å². The minimum absolute atomic E-state index is 0.00320. The highest BCUT2D eigenvalue weighted by atomic mass is 16.5. The second-order valence-electron chi connectivity index (χ2n) is 5.33. The van der Waals surface area contributed by atoms with E-state index in [-0.39, 0.29) is 5.91 Å². The van der Waals surface area contributed by atoms with Crippen LogP contribution in [0.15, 0.2) is 42.5 Å². The average molecular weight is 313 g/mol. The van der Waals surface area contributed by atoms with Crippen LogP contribution in [0.4, 0.5) is 0 Å². The van der Waals surface area contributed by atoms with Gasteiger partial charge in [0.25, 0.3) is 0 Å². The Labute approximate surface area is 137 Å². The van der Waals surface area contributed by atoms with E-state index in [1.807, 2.05) is 56.3 Å². The fraction of sp³-hybridized carbons (Fsp3) is 0.316. The van der Waals surface area contributed by atoms with E-state index in [9.17, 15) is 4.79 Å². The third kappa shape index (κ3) is 5.02. The lowest BCUT2D eigenvalue weighted by molar-refractivity contribution is -0.120. The van der Waals surface area contributed by atoms with Crippen molar-refractivity contribution in [1.29, 1.82) is 0 Å². The summed E-state index contributed by atoms with van der Waals surface area (Å²) in [6.07, 6.45) is 0.363. The van der Waals surface area contributed by atoms with Crippen LogP contribution in [0.2, 0.25) is 0 Å². The van der Waals surface area contributed by atoms with Crippen molar-refractivity contribution in [1.82, 2.24) is 5.32 Å². The highest BCUT2D eigenvalue weighted by molar-refractivity contribution is 5.78. The van der Waals surface area contributed by atoms with E-state index < -0.39 is 0 Å². The first-order valence-electron chi connectivity index (χ1n) is 7.74. The van der Waals surface area contributed by atoms with Gasteiger partial charge in [-0.15, -0.1) is 0 Å². The largest absolute Gasteiger partial charge is 0.496 e. The Bertz CT molecular complexity index is 650. The monoisotopic (exact) mass is 313 g/mol. The molecule has 0 aromatic heterocycles. The van der Waals surface area contributed by atoms with E-state index in [0.29, 0.717) is 19.6 Å². The molecule has 0 aliphatic heterocycles. The van der Waals surface area contributed by atoms with Gasteiger partial charge in [0.15, 0.2) is 0 Å². The maximum absolute atomic E-state index is 12.1. The fourth-order valence-electron chi connectivity index (χ4n) is 2.37. The lowest BCUT2D eigenvalue weighted by Crippen LogP contribution is -2.24. The maximum Gasteiger partial charge on any atom is 0.224 e. The molecule has 0 heterocycles. The highest BCUT2D eigenvalue weighted by Gasteiger charge is 2.06. The predicted octanol–water partition coefficient (Wildman–Crippen LogP) is 3.26. The molecule has 0 unspecified atom stereocenters. The van der Waals surface area contributed by atoms with Crippen molar-refractivity contribution in [2.75, 3.05) is 13.7 Å². The Kier molecular flexibility index (Phi) is 6.03. The number of carbonyl (C=O) groups excluding carboxylic acids is 1. The number of hydrogen-bond acceptors (Lipinski definition) is 3. The number of hydrogen-bond donors (Lipinski definition) is 1. The Morgan fingerprint density at radius 2 is 1.78 bits per heavy atom. The van der Waals surface area contributed by atoms with Gasteiger partial charge < -0.3 is 14.8 Å². The van der Waals surface area contributed by atoms with Gasteiger partial charge in [-0.3, -0.25) is 4.79 Å². The molecule has 0 atom stereocenters. The Balaban J connectivity index is 1.86. The Morgan fingerprint density at radius 1 is 1.09 bits per heavy atom. The molecule has 0 aliphatic rings. The number of amides is 1. The Hall–Kier alpha value is -2.49. The van der Waals surface area contributed by atoms with E-state index in [0.717, 1.165) is 28.2 Å². The summed E-state index contributed by atoms with van der Waals surface area (Å²) in [5, 5.41) is 2.94. The summed E-state index contributed by atoms with van der Waals surface area (Å²) in [5.41, 5.74) is 3.06. The number of nitrogens with one attached hydrogen (secondary N) is 1. The van der Waals surface area contributed by atoms with Crippen LogP contribution in [-0.4, -0.2) is 19.6 Å². The molecule has 4 heteroatoms. The van der Waals surface area contributed by atoms with Crippen LogP contribution in [-0.2, 0) is 17.8 Å². The molecule has 1 amide bonds. The van der Waals surface area contributed by atoms with Gasteiger partial charge in [-0.1, -0.05) is 24.3 Å². The van der Waals surface area contributed by atoms with Crippen molar-refractivity contribution in [2.24, 2.45) is 0 Å². The molecule has 0 fully saturated rings. The summed E-state index contributed by atoms with van der Waals surface area (Å²) in [6, 6.07) is 13.5. The zero-order valence-corrected chi connectivity index (χ0v) is 13.9. The van der Waals surface area contributed by atoms with Gasteiger partial charge in [0, 0.05) is 6.54 Å². The van der Waals surface area contributed by atoms with Gasteiger partial charge in [0.1, 0.15) is 11.5 Å². The number of benzene rings is 2. The van der Waals surface area contributed by atoms with Crippen LogP contribution in [0.5, 0.6) is 11.5 Å². The second-order valence-corrected chi connectivity index (χ2v) is 5.33. The van der Waals surface area contributed by atoms with Crippen molar-refractivity contribution in [3.05, 3.63) is 59.2 Å². The second kappa shape index (κ2) is 8.22. The number of methoxy groups -OCH3 is 1. The molecule has 0 saturated heterocycles. The summed E-state index contributed by atoms with van der Waals surface area (Å²) >= 11 is 0. The van der Waals surface area contributed by atoms with Gasteiger partial charge >= 0.3 is 0 Å². The van der Waals surface area contributed by atoms with Gasteiger partial charge in [0.2, 0.25) is 5.91 Å². The fourth-order valence-corrected chi connectivity index (χ4v) is 2.37. The first-order valence-corrected chi connectivity index (χ1v) is 7.74. The summed E-state index contributed by atoms with van der Waals surface area (Å²) in [5.74, 6) is 1.68. The van der Waals surface area contributed by atoms with Crippen molar-refractivity contribution in [2.45, 2.75) is 26.8 Å². The summed E-state index contributed by atoms with van der Waals surface area (Å²) in [7, 11) is 1.64. The molecular formula is C19H23NO3. The van der Waals surface area contributed by atoms with E-state index in [1.54, 1.807) is 7.11 Å². The van der Waals surface area contributed by atoms with E-state index in [4.69, 9.17) is 9.47 Å². The van der Waals surface area contributed by atoms with Crippen LogP contribution >= 0.6 is 0 Å². The number of ether oxygens (including phenoxy) is 2. The van der Waals surface area contributed by atoms with Gasteiger partial charge in [0.05, 0.1) is 20.1 Å².